The third kappa shape index (κ3) is 2.05. The Morgan fingerprint density at radius 2 is 1.86 bits per heavy atom. The lowest BCUT2D eigenvalue weighted by Crippen LogP contribution is -1.98. The number of thiophene rings is 1. The number of pyridine rings is 1. The Bertz CT molecular complexity index is 907. The third-order valence-corrected chi connectivity index (χ3v) is 4.12. The van der Waals surface area contributed by atoms with E-state index in [1.54, 1.807) is 28.5 Å². The first-order valence-corrected chi connectivity index (χ1v) is 7.29. The molecule has 0 aliphatic heterocycles. The van der Waals surface area contributed by atoms with E-state index in [1.165, 1.54) is 4.70 Å². The summed E-state index contributed by atoms with van der Waals surface area (Å²) >= 11 is 1.69. The van der Waals surface area contributed by atoms with Crippen molar-refractivity contribution in [2.45, 2.75) is 0 Å². The van der Waals surface area contributed by atoms with E-state index in [9.17, 15) is 0 Å². The second kappa shape index (κ2) is 4.68. The molecule has 5 nitrogen and oxygen atoms in total. The summed E-state index contributed by atoms with van der Waals surface area (Å²) in [4.78, 5) is 8.78. The van der Waals surface area contributed by atoms with Crippen LogP contribution in [0.4, 0.5) is 5.69 Å². The van der Waals surface area contributed by atoms with Gasteiger partial charge in [-0.25, -0.2) is 14.6 Å². The highest BCUT2D eigenvalue weighted by Crippen LogP contribution is 2.25. The molecular formula is C15H11N5S. The molecule has 3 heterocycles. The Morgan fingerprint density at radius 1 is 1.00 bits per heavy atom. The quantitative estimate of drug-likeness (QED) is 0.576. The van der Waals surface area contributed by atoms with Gasteiger partial charge in [0.2, 0.25) is 0 Å². The first kappa shape index (κ1) is 12.0. The Balaban J connectivity index is 1.81. The van der Waals surface area contributed by atoms with Crippen LogP contribution in [0.3, 0.4) is 0 Å². The molecule has 6 heteroatoms. The number of aromatic nitrogens is 4. The van der Waals surface area contributed by atoms with Crippen LogP contribution in [-0.2, 0) is 0 Å². The van der Waals surface area contributed by atoms with Crippen molar-refractivity contribution in [3.63, 3.8) is 0 Å². The van der Waals surface area contributed by atoms with Crippen molar-refractivity contribution in [1.29, 1.82) is 0 Å². The van der Waals surface area contributed by atoms with Gasteiger partial charge in [-0.3, -0.25) is 0 Å². The Hall–Kier alpha value is -2.73. The number of anilines is 1. The number of fused-ring (bicyclic) bond motifs is 1. The van der Waals surface area contributed by atoms with Crippen LogP contribution in [0.5, 0.6) is 0 Å². The second-order valence-electron chi connectivity index (χ2n) is 4.60. The minimum Gasteiger partial charge on any atom is -0.399 e. The molecule has 2 N–H and O–H groups in total. The van der Waals surface area contributed by atoms with Gasteiger partial charge in [0, 0.05) is 27.5 Å². The summed E-state index contributed by atoms with van der Waals surface area (Å²) < 4.78 is 2.89. The van der Waals surface area contributed by atoms with Crippen LogP contribution in [-0.4, -0.2) is 19.7 Å². The van der Waals surface area contributed by atoms with Crippen molar-refractivity contribution in [2.24, 2.45) is 0 Å². The van der Waals surface area contributed by atoms with Crippen LogP contribution in [0.15, 0.2) is 54.3 Å². The van der Waals surface area contributed by atoms with Gasteiger partial charge < -0.3 is 5.73 Å². The van der Waals surface area contributed by atoms with E-state index in [0.29, 0.717) is 5.82 Å². The van der Waals surface area contributed by atoms with Gasteiger partial charge >= 0.3 is 0 Å². The third-order valence-electron chi connectivity index (χ3n) is 3.24. The molecule has 0 spiro atoms. The van der Waals surface area contributed by atoms with Crippen LogP contribution in [0.1, 0.15) is 0 Å². The molecule has 0 saturated heterocycles. The monoisotopic (exact) mass is 293 g/mol. The van der Waals surface area contributed by atoms with E-state index in [1.807, 2.05) is 41.8 Å². The van der Waals surface area contributed by atoms with Crippen molar-refractivity contribution >= 4 is 27.1 Å². The molecule has 0 saturated carbocycles. The molecule has 102 valence electrons. The van der Waals surface area contributed by atoms with Crippen LogP contribution >= 0.6 is 11.3 Å². The van der Waals surface area contributed by atoms with Crippen LogP contribution < -0.4 is 5.73 Å². The summed E-state index contributed by atoms with van der Waals surface area (Å²) in [6.45, 7) is 0. The molecule has 0 atom stereocenters. The zero-order valence-corrected chi connectivity index (χ0v) is 11.8. The SMILES string of the molecule is Nc1ccc(-c2ncn(-c3nccc4sccc34)n2)cc1. The fourth-order valence-electron chi connectivity index (χ4n) is 2.19. The molecule has 3 aromatic heterocycles. The fraction of sp³-hybridized carbons (Fsp3) is 0. The lowest BCUT2D eigenvalue weighted by Gasteiger charge is -2.01. The standard InChI is InChI=1S/C15H11N5S/c16-11-3-1-10(2-4-11)14-18-9-20(19-14)15-12-6-8-21-13(12)5-7-17-15/h1-9H,16H2. The normalized spacial score (nSPS) is 11.0. The minimum absolute atomic E-state index is 0.657. The number of benzene rings is 1. The minimum atomic E-state index is 0.657. The topological polar surface area (TPSA) is 69.6 Å². The summed E-state index contributed by atoms with van der Waals surface area (Å²) in [6.07, 6.45) is 3.48. The predicted octanol–water partition coefficient (Wildman–Crippen LogP) is 3.13. The fourth-order valence-corrected chi connectivity index (χ4v) is 2.97. The average molecular weight is 293 g/mol. The maximum atomic E-state index is 5.70. The Morgan fingerprint density at radius 3 is 2.71 bits per heavy atom. The van der Waals surface area contributed by atoms with Gasteiger partial charge in [-0.15, -0.1) is 16.4 Å². The smallest absolute Gasteiger partial charge is 0.181 e. The van der Waals surface area contributed by atoms with Crippen molar-refractivity contribution < 1.29 is 0 Å². The van der Waals surface area contributed by atoms with E-state index < -0.39 is 0 Å². The van der Waals surface area contributed by atoms with E-state index in [-0.39, 0.29) is 0 Å². The summed E-state index contributed by atoms with van der Waals surface area (Å²) in [7, 11) is 0. The number of nitrogen functional groups attached to an aromatic ring is 1. The zero-order valence-electron chi connectivity index (χ0n) is 11.0. The number of hydrogen-bond acceptors (Lipinski definition) is 5. The molecule has 0 aliphatic rings. The van der Waals surface area contributed by atoms with Crippen molar-refractivity contribution in [1.82, 2.24) is 19.7 Å². The first-order chi connectivity index (χ1) is 10.3. The Labute approximate surface area is 124 Å². The molecule has 0 amide bonds. The van der Waals surface area contributed by atoms with Gasteiger partial charge in [0.1, 0.15) is 6.33 Å². The number of rotatable bonds is 2. The molecule has 4 aromatic rings. The van der Waals surface area contributed by atoms with E-state index in [0.717, 1.165) is 22.5 Å². The van der Waals surface area contributed by atoms with Gasteiger partial charge in [0.25, 0.3) is 0 Å². The van der Waals surface area contributed by atoms with Gasteiger partial charge in [0.15, 0.2) is 11.6 Å². The summed E-state index contributed by atoms with van der Waals surface area (Å²) in [5, 5.41) is 7.65. The molecule has 0 aliphatic carbocycles. The second-order valence-corrected chi connectivity index (χ2v) is 5.55. The zero-order chi connectivity index (χ0) is 14.2. The molecule has 1 aromatic carbocycles. The predicted molar refractivity (Wildman–Crippen MR) is 84.4 cm³/mol. The lowest BCUT2D eigenvalue weighted by atomic mass is 10.2. The number of hydrogen-bond donors (Lipinski definition) is 1. The molecule has 0 unspecified atom stereocenters. The van der Waals surface area contributed by atoms with Gasteiger partial charge in [-0.05, 0) is 41.8 Å². The lowest BCUT2D eigenvalue weighted by molar-refractivity contribution is 0.857. The number of nitrogens with two attached hydrogens (primary N) is 1. The molecule has 0 bridgehead atoms. The largest absolute Gasteiger partial charge is 0.399 e. The molecule has 21 heavy (non-hydrogen) atoms. The van der Waals surface area contributed by atoms with Gasteiger partial charge in [0.05, 0.1) is 0 Å². The van der Waals surface area contributed by atoms with E-state index in [2.05, 4.69) is 15.1 Å². The molecule has 0 radical (unpaired) electrons. The molecule has 4 rings (SSSR count). The average Bonchev–Trinajstić information content (AvgIpc) is 3.16. The van der Waals surface area contributed by atoms with Gasteiger partial charge in [-0.2, -0.15) is 0 Å². The van der Waals surface area contributed by atoms with Crippen molar-refractivity contribution in [3.8, 4) is 17.2 Å². The summed E-state index contributed by atoms with van der Waals surface area (Å²) in [6, 6.07) is 11.6. The first-order valence-electron chi connectivity index (χ1n) is 6.41. The Kier molecular flexibility index (Phi) is 2.68. The highest BCUT2D eigenvalue weighted by molar-refractivity contribution is 7.17. The van der Waals surface area contributed by atoms with Gasteiger partial charge in [-0.1, -0.05) is 0 Å². The highest BCUT2D eigenvalue weighted by Gasteiger charge is 2.09. The van der Waals surface area contributed by atoms with E-state index >= 15 is 0 Å². The number of nitrogens with zero attached hydrogens (tertiary/aromatic N) is 4. The highest BCUT2D eigenvalue weighted by atomic mass is 32.1. The van der Waals surface area contributed by atoms with Crippen molar-refractivity contribution in [3.05, 3.63) is 54.3 Å². The van der Waals surface area contributed by atoms with Crippen LogP contribution in [0.2, 0.25) is 0 Å². The van der Waals surface area contributed by atoms with Crippen molar-refractivity contribution in [2.75, 3.05) is 5.73 Å². The van der Waals surface area contributed by atoms with E-state index in [4.69, 9.17) is 5.73 Å². The van der Waals surface area contributed by atoms with Crippen LogP contribution in [0.25, 0.3) is 27.3 Å². The molecular weight excluding hydrogens is 282 g/mol. The maximum Gasteiger partial charge on any atom is 0.181 e. The molecule has 0 fully saturated rings. The summed E-state index contributed by atoms with van der Waals surface area (Å²) in [5.74, 6) is 1.45. The van der Waals surface area contributed by atoms with Crippen LogP contribution in [0, 0.1) is 0 Å². The summed E-state index contributed by atoms with van der Waals surface area (Å²) in [5.41, 5.74) is 7.35. The maximum absolute atomic E-state index is 5.70.